The van der Waals surface area contributed by atoms with Crippen LogP contribution >= 0.6 is 0 Å². The summed E-state index contributed by atoms with van der Waals surface area (Å²) >= 11 is 0. The maximum Gasteiger partial charge on any atom is 0.151 e. The van der Waals surface area contributed by atoms with E-state index in [2.05, 4.69) is 26.1 Å². The van der Waals surface area contributed by atoms with Gasteiger partial charge in [0, 0.05) is 12.6 Å². The van der Waals surface area contributed by atoms with Crippen LogP contribution in [0.25, 0.3) is 0 Å². The summed E-state index contributed by atoms with van der Waals surface area (Å²) in [5, 5.41) is 3.25. The molecule has 0 radical (unpaired) electrons. The third-order valence-corrected chi connectivity index (χ3v) is 5.02. The van der Waals surface area contributed by atoms with Crippen molar-refractivity contribution in [1.29, 1.82) is 0 Å². The van der Waals surface area contributed by atoms with Gasteiger partial charge >= 0.3 is 0 Å². The average molecular weight is 249 g/mol. The molecular formula is C12H27NO2S. The molecule has 0 aromatic heterocycles. The second kappa shape index (κ2) is 7.28. The van der Waals surface area contributed by atoms with Gasteiger partial charge in [-0.1, -0.05) is 34.1 Å². The average Bonchev–Trinajstić information content (AvgIpc) is 2.16. The molecule has 0 saturated carbocycles. The van der Waals surface area contributed by atoms with Gasteiger partial charge in [-0.25, -0.2) is 8.42 Å². The molecule has 0 aliphatic heterocycles. The summed E-state index contributed by atoms with van der Waals surface area (Å²) in [5.41, 5.74) is 0. The fraction of sp³-hybridized carbons (Fsp3) is 1.00. The van der Waals surface area contributed by atoms with Crippen LogP contribution in [0, 0.1) is 11.8 Å². The van der Waals surface area contributed by atoms with Gasteiger partial charge < -0.3 is 5.32 Å². The van der Waals surface area contributed by atoms with Crippen molar-refractivity contribution in [3.05, 3.63) is 0 Å². The smallest absolute Gasteiger partial charge is 0.151 e. The third kappa shape index (κ3) is 7.23. The Morgan fingerprint density at radius 3 is 2.12 bits per heavy atom. The largest absolute Gasteiger partial charge is 0.313 e. The molecule has 0 aromatic rings. The lowest BCUT2D eigenvalue weighted by atomic mass is 10.1. The number of sulfone groups is 1. The van der Waals surface area contributed by atoms with Gasteiger partial charge in [-0.3, -0.25) is 0 Å². The van der Waals surface area contributed by atoms with E-state index < -0.39 is 9.84 Å². The first-order valence-corrected chi connectivity index (χ1v) is 8.04. The number of nitrogens with one attached hydrogen (secondary N) is 1. The zero-order valence-electron chi connectivity index (χ0n) is 11.3. The lowest BCUT2D eigenvalue weighted by molar-refractivity contribution is 0.436. The standard InChI is InChI=1S/C12H27NO2S/c1-6-11(4)9-16(14,15)8-7-13-12(5)10(2)3/h10-13H,6-9H2,1-5H3. The summed E-state index contributed by atoms with van der Waals surface area (Å²) in [6.45, 7) is 10.9. The van der Waals surface area contributed by atoms with Crippen LogP contribution in [0.3, 0.4) is 0 Å². The lowest BCUT2D eigenvalue weighted by Gasteiger charge is -2.17. The molecule has 0 spiro atoms. The van der Waals surface area contributed by atoms with Crippen LogP contribution in [0.2, 0.25) is 0 Å². The van der Waals surface area contributed by atoms with E-state index in [0.717, 1.165) is 6.42 Å². The van der Waals surface area contributed by atoms with Crippen molar-refractivity contribution in [1.82, 2.24) is 5.32 Å². The Morgan fingerprint density at radius 2 is 1.69 bits per heavy atom. The Bertz CT molecular complexity index is 273. The Balaban J connectivity index is 3.92. The van der Waals surface area contributed by atoms with Gasteiger partial charge in [0.15, 0.2) is 9.84 Å². The number of hydrogen-bond acceptors (Lipinski definition) is 3. The lowest BCUT2D eigenvalue weighted by Crippen LogP contribution is -2.35. The molecule has 0 saturated heterocycles. The first-order chi connectivity index (χ1) is 7.28. The fourth-order valence-corrected chi connectivity index (χ4v) is 3.01. The fourth-order valence-electron chi connectivity index (χ4n) is 1.31. The van der Waals surface area contributed by atoms with E-state index in [9.17, 15) is 8.42 Å². The van der Waals surface area contributed by atoms with E-state index in [1.54, 1.807) is 0 Å². The summed E-state index contributed by atoms with van der Waals surface area (Å²) in [4.78, 5) is 0. The molecule has 0 heterocycles. The van der Waals surface area contributed by atoms with Crippen LogP contribution in [0.5, 0.6) is 0 Å². The molecule has 1 N–H and O–H groups in total. The maximum absolute atomic E-state index is 11.7. The van der Waals surface area contributed by atoms with Crippen molar-refractivity contribution in [3.63, 3.8) is 0 Å². The van der Waals surface area contributed by atoms with E-state index >= 15 is 0 Å². The highest BCUT2D eigenvalue weighted by Crippen LogP contribution is 2.06. The highest BCUT2D eigenvalue weighted by Gasteiger charge is 2.15. The van der Waals surface area contributed by atoms with Crippen LogP contribution in [-0.2, 0) is 9.84 Å². The molecule has 98 valence electrons. The Hall–Kier alpha value is -0.0900. The van der Waals surface area contributed by atoms with Gasteiger partial charge in [-0.15, -0.1) is 0 Å². The van der Waals surface area contributed by atoms with Crippen LogP contribution in [0.15, 0.2) is 0 Å². The Morgan fingerprint density at radius 1 is 1.12 bits per heavy atom. The molecule has 0 bridgehead atoms. The second-order valence-corrected chi connectivity index (χ2v) is 7.34. The number of rotatable bonds is 8. The summed E-state index contributed by atoms with van der Waals surface area (Å²) in [6.07, 6.45) is 0.926. The van der Waals surface area contributed by atoms with Crippen molar-refractivity contribution in [3.8, 4) is 0 Å². The quantitative estimate of drug-likeness (QED) is 0.716. The van der Waals surface area contributed by atoms with Crippen LogP contribution in [-0.4, -0.2) is 32.5 Å². The van der Waals surface area contributed by atoms with E-state index in [0.29, 0.717) is 24.3 Å². The summed E-state index contributed by atoms with van der Waals surface area (Å²) in [7, 11) is -2.88. The molecule has 2 atom stereocenters. The summed E-state index contributed by atoms with van der Waals surface area (Å²) in [6, 6.07) is 0.374. The third-order valence-electron chi connectivity index (χ3n) is 3.11. The van der Waals surface area contributed by atoms with Gasteiger partial charge in [0.25, 0.3) is 0 Å². The van der Waals surface area contributed by atoms with Gasteiger partial charge in [0.05, 0.1) is 11.5 Å². The molecule has 0 aliphatic carbocycles. The molecule has 16 heavy (non-hydrogen) atoms. The Kier molecular flexibility index (Phi) is 7.24. The predicted molar refractivity (Wildman–Crippen MR) is 70.4 cm³/mol. The van der Waals surface area contributed by atoms with E-state index in [1.165, 1.54) is 0 Å². The second-order valence-electron chi connectivity index (χ2n) is 5.11. The highest BCUT2D eigenvalue weighted by atomic mass is 32.2. The maximum atomic E-state index is 11.7. The first-order valence-electron chi connectivity index (χ1n) is 6.22. The normalized spacial score (nSPS) is 16.4. The zero-order chi connectivity index (χ0) is 12.8. The summed E-state index contributed by atoms with van der Waals surface area (Å²) in [5.74, 6) is 1.39. The zero-order valence-corrected chi connectivity index (χ0v) is 12.1. The van der Waals surface area contributed by atoms with Crippen molar-refractivity contribution in [2.24, 2.45) is 11.8 Å². The van der Waals surface area contributed by atoms with Gasteiger partial charge in [0.2, 0.25) is 0 Å². The van der Waals surface area contributed by atoms with Crippen molar-refractivity contribution in [2.45, 2.75) is 47.1 Å². The van der Waals surface area contributed by atoms with Crippen molar-refractivity contribution >= 4 is 9.84 Å². The first kappa shape index (κ1) is 15.9. The molecule has 0 rings (SSSR count). The molecule has 4 heteroatoms. The number of hydrogen-bond donors (Lipinski definition) is 1. The molecular weight excluding hydrogens is 222 g/mol. The van der Waals surface area contributed by atoms with Crippen LogP contribution in [0.1, 0.15) is 41.0 Å². The minimum atomic E-state index is -2.88. The molecule has 0 amide bonds. The van der Waals surface area contributed by atoms with E-state index in [1.807, 2.05) is 13.8 Å². The summed E-state index contributed by atoms with van der Waals surface area (Å²) < 4.78 is 23.4. The van der Waals surface area contributed by atoms with E-state index in [4.69, 9.17) is 0 Å². The minimum absolute atomic E-state index is 0.258. The topological polar surface area (TPSA) is 46.2 Å². The van der Waals surface area contributed by atoms with Crippen molar-refractivity contribution in [2.75, 3.05) is 18.1 Å². The van der Waals surface area contributed by atoms with Crippen molar-refractivity contribution < 1.29 is 8.42 Å². The van der Waals surface area contributed by atoms with Gasteiger partial charge in [-0.2, -0.15) is 0 Å². The van der Waals surface area contributed by atoms with Gasteiger partial charge in [0.1, 0.15) is 0 Å². The van der Waals surface area contributed by atoms with E-state index in [-0.39, 0.29) is 11.7 Å². The Labute approximate surface area is 101 Å². The predicted octanol–water partition coefficient (Wildman–Crippen LogP) is 2.08. The highest BCUT2D eigenvalue weighted by molar-refractivity contribution is 7.91. The van der Waals surface area contributed by atoms with Crippen LogP contribution in [0.4, 0.5) is 0 Å². The molecule has 3 nitrogen and oxygen atoms in total. The molecule has 0 aliphatic rings. The minimum Gasteiger partial charge on any atom is -0.313 e. The van der Waals surface area contributed by atoms with Crippen LogP contribution < -0.4 is 5.32 Å². The monoisotopic (exact) mass is 249 g/mol. The molecule has 0 aromatic carbocycles. The molecule has 0 fully saturated rings. The SMILES string of the molecule is CCC(C)CS(=O)(=O)CCNC(C)C(C)C. The molecule has 2 unspecified atom stereocenters. The van der Waals surface area contributed by atoms with Gasteiger partial charge in [-0.05, 0) is 18.8 Å².